The predicted molar refractivity (Wildman–Crippen MR) is 122 cm³/mol. The lowest BCUT2D eigenvalue weighted by molar-refractivity contribution is -0.132. The lowest BCUT2D eigenvalue weighted by Crippen LogP contribution is -2.29. The molecule has 0 spiro atoms. The second-order valence-corrected chi connectivity index (χ2v) is 8.30. The number of aliphatic hydroxyl groups is 1. The maximum atomic E-state index is 13.7. The van der Waals surface area contributed by atoms with E-state index in [9.17, 15) is 19.1 Å². The number of hydrogen-bond donors (Lipinski definition) is 1. The molecule has 0 bridgehead atoms. The van der Waals surface area contributed by atoms with Crippen molar-refractivity contribution < 1.29 is 23.8 Å². The van der Waals surface area contributed by atoms with Crippen molar-refractivity contribution in [3.8, 4) is 5.75 Å². The smallest absolute Gasteiger partial charge is 0.301 e. The van der Waals surface area contributed by atoms with Crippen molar-refractivity contribution in [2.45, 2.75) is 6.04 Å². The number of carbonyl (C=O) groups excluding carboxylic acids is 2. The minimum Gasteiger partial charge on any atom is -0.507 e. The summed E-state index contributed by atoms with van der Waals surface area (Å²) in [6, 6.07) is 13.0. The Morgan fingerprint density at radius 1 is 1.15 bits per heavy atom. The van der Waals surface area contributed by atoms with Gasteiger partial charge in [-0.2, -0.15) is 0 Å². The van der Waals surface area contributed by atoms with Crippen LogP contribution in [0.5, 0.6) is 5.75 Å². The first-order valence-corrected chi connectivity index (χ1v) is 10.7. The molecule has 9 heteroatoms. The summed E-state index contributed by atoms with van der Waals surface area (Å²) in [5.41, 5.74) is 1.30. The number of thiazole rings is 1. The van der Waals surface area contributed by atoms with Gasteiger partial charge in [-0.3, -0.25) is 19.5 Å². The van der Waals surface area contributed by atoms with E-state index in [4.69, 9.17) is 4.74 Å². The molecule has 164 valence electrons. The van der Waals surface area contributed by atoms with E-state index in [1.165, 1.54) is 36.4 Å². The number of pyridine rings is 1. The number of ether oxygens (including phenoxy) is 1. The van der Waals surface area contributed by atoms with Crippen LogP contribution < -0.4 is 9.64 Å². The zero-order chi connectivity index (χ0) is 23.1. The maximum absolute atomic E-state index is 13.7. The van der Waals surface area contributed by atoms with Crippen molar-refractivity contribution in [1.82, 2.24) is 9.97 Å². The monoisotopic (exact) mass is 461 g/mol. The number of hydrogen-bond acceptors (Lipinski definition) is 7. The highest BCUT2D eigenvalue weighted by atomic mass is 32.1. The molecule has 0 aliphatic carbocycles. The van der Waals surface area contributed by atoms with Crippen molar-refractivity contribution in [1.29, 1.82) is 0 Å². The van der Waals surface area contributed by atoms with Gasteiger partial charge < -0.3 is 9.84 Å². The van der Waals surface area contributed by atoms with Gasteiger partial charge in [0.2, 0.25) is 0 Å². The van der Waals surface area contributed by atoms with Crippen molar-refractivity contribution in [3.05, 3.63) is 89.5 Å². The number of rotatable bonds is 4. The van der Waals surface area contributed by atoms with Crippen LogP contribution in [0.3, 0.4) is 0 Å². The maximum Gasteiger partial charge on any atom is 0.301 e. The van der Waals surface area contributed by atoms with E-state index in [-0.39, 0.29) is 16.5 Å². The lowest BCUT2D eigenvalue weighted by Gasteiger charge is -2.22. The number of fused-ring (bicyclic) bond motifs is 1. The quantitative estimate of drug-likeness (QED) is 0.274. The third kappa shape index (κ3) is 3.52. The summed E-state index contributed by atoms with van der Waals surface area (Å²) < 4.78 is 19.4. The number of amides is 1. The summed E-state index contributed by atoms with van der Waals surface area (Å²) in [7, 11) is 1.52. The second kappa shape index (κ2) is 8.10. The molecule has 1 aliphatic rings. The van der Waals surface area contributed by atoms with Crippen molar-refractivity contribution in [2.75, 3.05) is 12.0 Å². The molecule has 0 radical (unpaired) electrons. The van der Waals surface area contributed by atoms with Crippen molar-refractivity contribution in [3.63, 3.8) is 0 Å². The first kappa shape index (κ1) is 20.8. The third-order valence-corrected chi connectivity index (χ3v) is 6.37. The van der Waals surface area contributed by atoms with Gasteiger partial charge >= 0.3 is 5.91 Å². The van der Waals surface area contributed by atoms with E-state index in [1.807, 2.05) is 0 Å². The van der Waals surface area contributed by atoms with Gasteiger partial charge in [-0.15, -0.1) is 0 Å². The number of nitrogens with zero attached hydrogens (tertiary/aromatic N) is 3. The summed E-state index contributed by atoms with van der Waals surface area (Å²) in [5, 5.41) is 11.3. The zero-order valence-electron chi connectivity index (χ0n) is 17.2. The number of ketones is 1. The lowest BCUT2D eigenvalue weighted by atomic mass is 9.96. The molecule has 7 nitrogen and oxygen atoms in total. The number of aromatic nitrogens is 2. The van der Waals surface area contributed by atoms with Crippen LogP contribution in [-0.2, 0) is 9.59 Å². The summed E-state index contributed by atoms with van der Waals surface area (Å²) in [6.07, 6.45) is 3.09. The molecule has 0 saturated carbocycles. The Bertz CT molecular complexity index is 1420. The van der Waals surface area contributed by atoms with Crippen LogP contribution in [0.4, 0.5) is 9.52 Å². The number of methoxy groups -OCH3 is 1. The molecule has 3 heterocycles. The zero-order valence-corrected chi connectivity index (χ0v) is 18.0. The van der Waals surface area contributed by atoms with E-state index in [0.29, 0.717) is 27.1 Å². The molecule has 1 unspecified atom stereocenters. The minimum atomic E-state index is -0.953. The highest BCUT2D eigenvalue weighted by molar-refractivity contribution is 7.22. The van der Waals surface area contributed by atoms with Gasteiger partial charge in [-0.25, -0.2) is 9.37 Å². The Balaban J connectivity index is 1.70. The predicted octanol–water partition coefficient (Wildman–Crippen LogP) is 4.47. The minimum absolute atomic E-state index is 0.0800. The number of Topliss-reactive ketones (excluding diaryl/α,β-unsaturated/α-hetero) is 1. The average molecular weight is 461 g/mol. The first-order chi connectivity index (χ1) is 16.0. The topological polar surface area (TPSA) is 92.6 Å². The van der Waals surface area contributed by atoms with Gasteiger partial charge in [-0.1, -0.05) is 17.4 Å². The fourth-order valence-electron chi connectivity index (χ4n) is 3.78. The van der Waals surface area contributed by atoms with Crippen LogP contribution in [-0.4, -0.2) is 33.9 Å². The highest BCUT2D eigenvalue weighted by Crippen LogP contribution is 2.44. The van der Waals surface area contributed by atoms with Gasteiger partial charge in [0.05, 0.1) is 28.9 Å². The Morgan fingerprint density at radius 3 is 2.64 bits per heavy atom. The van der Waals surface area contributed by atoms with E-state index >= 15 is 0 Å². The molecule has 1 atom stereocenters. The fraction of sp³-hybridized carbons (Fsp3) is 0.0833. The molecule has 1 N–H and O–H groups in total. The van der Waals surface area contributed by atoms with Crippen LogP contribution in [0.25, 0.3) is 16.0 Å². The van der Waals surface area contributed by atoms with Crippen LogP contribution in [0, 0.1) is 5.82 Å². The molecule has 1 aliphatic heterocycles. The standard InChI is InChI=1S/C24H16FN3O4S/c1-32-16-7-4-13(5-8-16)21(29)19-20(14-3-2-10-26-12-14)28(23(31)22(19)30)24-27-17-9-6-15(25)11-18(17)33-24/h2-12,20,29H,1H3. The first-order valence-electron chi connectivity index (χ1n) is 9.89. The molecule has 2 aromatic carbocycles. The molecule has 33 heavy (non-hydrogen) atoms. The third-order valence-electron chi connectivity index (χ3n) is 5.35. The molecule has 1 saturated heterocycles. The summed E-state index contributed by atoms with van der Waals surface area (Å²) in [6.45, 7) is 0. The molecular weight excluding hydrogens is 445 g/mol. The van der Waals surface area contributed by atoms with Gasteiger partial charge in [0, 0.05) is 18.0 Å². The van der Waals surface area contributed by atoms with E-state index < -0.39 is 23.5 Å². The molecule has 2 aromatic heterocycles. The van der Waals surface area contributed by atoms with Crippen LogP contribution in [0.2, 0.25) is 0 Å². The Labute approximate surface area is 191 Å². The SMILES string of the molecule is COc1ccc(C(O)=C2C(=O)C(=O)N(c3nc4ccc(F)cc4s3)C2c2cccnc2)cc1. The number of aliphatic hydroxyl groups excluding tert-OH is 1. The fourth-order valence-corrected chi connectivity index (χ4v) is 4.79. The summed E-state index contributed by atoms with van der Waals surface area (Å²) in [5.74, 6) is -1.85. The van der Waals surface area contributed by atoms with Crippen molar-refractivity contribution in [2.24, 2.45) is 0 Å². The molecule has 5 rings (SSSR count). The Morgan fingerprint density at radius 2 is 1.94 bits per heavy atom. The van der Waals surface area contributed by atoms with Crippen LogP contribution in [0.1, 0.15) is 17.2 Å². The van der Waals surface area contributed by atoms with E-state index in [0.717, 1.165) is 11.3 Å². The number of benzene rings is 2. The van der Waals surface area contributed by atoms with Gasteiger partial charge in [0.1, 0.15) is 17.3 Å². The Kier molecular flexibility index (Phi) is 5.10. The second-order valence-electron chi connectivity index (χ2n) is 7.29. The molecule has 4 aromatic rings. The number of carbonyl (C=O) groups is 2. The molecule has 1 amide bonds. The van der Waals surface area contributed by atoms with E-state index in [1.54, 1.807) is 42.6 Å². The number of halogens is 1. The van der Waals surface area contributed by atoms with Crippen LogP contribution >= 0.6 is 11.3 Å². The number of anilines is 1. The molecule has 1 fully saturated rings. The van der Waals surface area contributed by atoms with Gasteiger partial charge in [-0.05, 0) is 54.1 Å². The molecular formula is C24H16FN3O4S. The van der Waals surface area contributed by atoms with Crippen molar-refractivity contribution >= 4 is 44.1 Å². The summed E-state index contributed by atoms with van der Waals surface area (Å²) in [4.78, 5) is 36.1. The largest absolute Gasteiger partial charge is 0.507 e. The Hall–Kier alpha value is -4.11. The van der Waals surface area contributed by atoms with Gasteiger partial charge in [0.25, 0.3) is 5.78 Å². The normalized spacial score (nSPS) is 17.6. The van der Waals surface area contributed by atoms with Gasteiger partial charge in [0.15, 0.2) is 5.13 Å². The average Bonchev–Trinajstić information content (AvgIpc) is 3.37. The summed E-state index contributed by atoms with van der Waals surface area (Å²) >= 11 is 1.09. The van der Waals surface area contributed by atoms with E-state index in [2.05, 4.69) is 9.97 Å². The highest BCUT2D eigenvalue weighted by Gasteiger charge is 2.48. The van der Waals surface area contributed by atoms with Crippen LogP contribution in [0.15, 0.2) is 72.6 Å².